The Morgan fingerprint density at radius 3 is 1.95 bits per heavy atom. The van der Waals surface area contributed by atoms with Crippen LogP contribution in [0, 0.1) is 17.3 Å². The van der Waals surface area contributed by atoms with E-state index < -0.39 is 12.6 Å². The zero-order valence-electron chi connectivity index (χ0n) is 12.6. The predicted octanol–water partition coefficient (Wildman–Crippen LogP) is 4.77. The Morgan fingerprint density at radius 2 is 1.58 bits per heavy atom. The SMILES string of the molecule is CNC(CCC(F)(F)F)C1CCC(C(C)(C)C)CC1. The normalized spacial score (nSPS) is 27.3. The van der Waals surface area contributed by atoms with E-state index >= 15 is 0 Å². The minimum atomic E-state index is -4.03. The molecule has 19 heavy (non-hydrogen) atoms. The zero-order chi connectivity index (χ0) is 14.7. The van der Waals surface area contributed by atoms with Crippen molar-refractivity contribution in [1.82, 2.24) is 5.32 Å². The summed E-state index contributed by atoms with van der Waals surface area (Å²) in [5.41, 5.74) is 0.325. The molecule has 1 rings (SSSR count). The summed E-state index contributed by atoms with van der Waals surface area (Å²) in [6, 6.07) is 0.0162. The van der Waals surface area contributed by atoms with E-state index in [0.717, 1.165) is 25.7 Å². The molecule has 0 aliphatic heterocycles. The quantitative estimate of drug-likeness (QED) is 0.781. The van der Waals surface area contributed by atoms with Crippen LogP contribution in [0.1, 0.15) is 59.3 Å². The van der Waals surface area contributed by atoms with E-state index in [9.17, 15) is 13.2 Å². The molecule has 1 atom stereocenters. The summed E-state index contributed by atoms with van der Waals surface area (Å²) >= 11 is 0. The van der Waals surface area contributed by atoms with Crippen LogP contribution in [0.2, 0.25) is 0 Å². The maximum Gasteiger partial charge on any atom is 0.389 e. The number of alkyl halides is 3. The van der Waals surface area contributed by atoms with Gasteiger partial charge in [0.1, 0.15) is 0 Å². The standard InChI is InChI=1S/C15H28F3N/c1-14(2,3)12-7-5-11(6-8-12)13(19-4)9-10-15(16,17)18/h11-13,19H,5-10H2,1-4H3. The Labute approximate surface area is 115 Å². The second-order valence-electron chi connectivity index (χ2n) is 7.03. The van der Waals surface area contributed by atoms with Crippen molar-refractivity contribution < 1.29 is 13.2 Å². The van der Waals surface area contributed by atoms with Crippen LogP contribution < -0.4 is 5.32 Å². The highest BCUT2D eigenvalue weighted by Gasteiger charge is 2.34. The summed E-state index contributed by atoms with van der Waals surface area (Å²) in [5.74, 6) is 1.12. The molecule has 0 radical (unpaired) electrons. The van der Waals surface area contributed by atoms with E-state index in [1.54, 1.807) is 7.05 Å². The van der Waals surface area contributed by atoms with Crippen molar-refractivity contribution in [2.24, 2.45) is 17.3 Å². The van der Waals surface area contributed by atoms with Gasteiger partial charge in [-0.05, 0) is 56.4 Å². The van der Waals surface area contributed by atoms with Gasteiger partial charge >= 0.3 is 6.18 Å². The summed E-state index contributed by atoms with van der Waals surface area (Å²) < 4.78 is 36.9. The zero-order valence-corrected chi connectivity index (χ0v) is 12.6. The maximum atomic E-state index is 12.3. The Morgan fingerprint density at radius 1 is 1.05 bits per heavy atom. The largest absolute Gasteiger partial charge is 0.389 e. The lowest BCUT2D eigenvalue weighted by Crippen LogP contribution is -2.38. The van der Waals surface area contributed by atoms with Crippen molar-refractivity contribution >= 4 is 0 Å². The number of hydrogen-bond acceptors (Lipinski definition) is 1. The van der Waals surface area contributed by atoms with Gasteiger partial charge < -0.3 is 5.32 Å². The molecular weight excluding hydrogens is 251 g/mol. The molecule has 0 aromatic carbocycles. The molecule has 0 aromatic rings. The van der Waals surface area contributed by atoms with E-state index in [-0.39, 0.29) is 12.5 Å². The van der Waals surface area contributed by atoms with E-state index in [0.29, 0.717) is 17.3 Å². The highest BCUT2D eigenvalue weighted by molar-refractivity contribution is 4.85. The number of hydrogen-bond donors (Lipinski definition) is 1. The van der Waals surface area contributed by atoms with Crippen molar-refractivity contribution in [3.05, 3.63) is 0 Å². The highest BCUT2D eigenvalue weighted by atomic mass is 19.4. The van der Waals surface area contributed by atoms with Gasteiger partial charge in [0.15, 0.2) is 0 Å². The first-order valence-electron chi connectivity index (χ1n) is 7.37. The molecule has 1 unspecified atom stereocenters. The van der Waals surface area contributed by atoms with Crippen LogP contribution in [-0.4, -0.2) is 19.3 Å². The molecule has 1 fully saturated rings. The van der Waals surface area contributed by atoms with E-state index in [4.69, 9.17) is 0 Å². The molecule has 0 bridgehead atoms. The molecule has 1 saturated carbocycles. The molecule has 0 heterocycles. The molecule has 0 spiro atoms. The summed E-state index contributed by atoms with van der Waals surface area (Å²) in [6.07, 6.45) is -0.0619. The topological polar surface area (TPSA) is 12.0 Å². The Bertz CT molecular complexity index is 260. The Kier molecular flexibility index (Phi) is 5.72. The van der Waals surface area contributed by atoms with Crippen LogP contribution in [0.3, 0.4) is 0 Å². The first-order chi connectivity index (χ1) is 8.63. The molecule has 1 N–H and O–H groups in total. The van der Waals surface area contributed by atoms with Gasteiger partial charge in [0, 0.05) is 12.5 Å². The third-order valence-electron chi connectivity index (χ3n) is 4.68. The van der Waals surface area contributed by atoms with Gasteiger partial charge in [-0.25, -0.2) is 0 Å². The molecule has 114 valence electrons. The van der Waals surface area contributed by atoms with Gasteiger partial charge in [-0.1, -0.05) is 20.8 Å². The van der Waals surface area contributed by atoms with Crippen molar-refractivity contribution in [1.29, 1.82) is 0 Å². The van der Waals surface area contributed by atoms with Crippen LogP contribution in [0.25, 0.3) is 0 Å². The smallest absolute Gasteiger partial charge is 0.317 e. The molecule has 1 aliphatic carbocycles. The molecule has 1 aliphatic rings. The first-order valence-corrected chi connectivity index (χ1v) is 7.37. The third kappa shape index (κ3) is 5.72. The lowest BCUT2D eigenvalue weighted by Gasteiger charge is -2.39. The van der Waals surface area contributed by atoms with Crippen LogP contribution >= 0.6 is 0 Å². The average Bonchev–Trinajstić information content (AvgIpc) is 2.28. The van der Waals surface area contributed by atoms with Gasteiger partial charge in [0.2, 0.25) is 0 Å². The summed E-state index contributed by atoms with van der Waals surface area (Å²) in [4.78, 5) is 0. The molecule has 1 nitrogen and oxygen atoms in total. The fourth-order valence-electron chi connectivity index (χ4n) is 3.32. The van der Waals surface area contributed by atoms with Crippen LogP contribution in [0.4, 0.5) is 13.2 Å². The number of halogens is 3. The van der Waals surface area contributed by atoms with Gasteiger partial charge in [0.25, 0.3) is 0 Å². The van der Waals surface area contributed by atoms with Gasteiger partial charge in [-0.2, -0.15) is 13.2 Å². The van der Waals surface area contributed by atoms with Gasteiger partial charge in [-0.15, -0.1) is 0 Å². The molecule has 0 amide bonds. The summed E-state index contributed by atoms with van der Waals surface area (Å²) in [7, 11) is 1.79. The minimum Gasteiger partial charge on any atom is -0.317 e. The summed E-state index contributed by atoms with van der Waals surface area (Å²) in [6.45, 7) is 6.78. The predicted molar refractivity (Wildman–Crippen MR) is 73.0 cm³/mol. The maximum absolute atomic E-state index is 12.3. The van der Waals surface area contributed by atoms with Crippen LogP contribution in [-0.2, 0) is 0 Å². The number of rotatable bonds is 4. The highest BCUT2D eigenvalue weighted by Crippen LogP contribution is 2.41. The van der Waals surface area contributed by atoms with Crippen LogP contribution in [0.5, 0.6) is 0 Å². The van der Waals surface area contributed by atoms with Gasteiger partial charge in [-0.3, -0.25) is 0 Å². The lowest BCUT2D eigenvalue weighted by atomic mass is 9.68. The first kappa shape index (κ1) is 16.8. The van der Waals surface area contributed by atoms with Crippen molar-refractivity contribution in [3.63, 3.8) is 0 Å². The van der Waals surface area contributed by atoms with Crippen molar-refractivity contribution in [2.45, 2.75) is 71.5 Å². The minimum absolute atomic E-state index is 0.0162. The lowest BCUT2D eigenvalue weighted by molar-refractivity contribution is -0.137. The number of nitrogens with one attached hydrogen (secondary N) is 1. The second-order valence-corrected chi connectivity index (χ2v) is 7.03. The van der Waals surface area contributed by atoms with Gasteiger partial charge in [0.05, 0.1) is 0 Å². The van der Waals surface area contributed by atoms with E-state index in [1.807, 2.05) is 0 Å². The van der Waals surface area contributed by atoms with Crippen molar-refractivity contribution in [2.75, 3.05) is 7.05 Å². The second kappa shape index (κ2) is 6.47. The van der Waals surface area contributed by atoms with E-state index in [1.165, 1.54) is 0 Å². The monoisotopic (exact) mass is 279 g/mol. The fourth-order valence-corrected chi connectivity index (χ4v) is 3.32. The molecular formula is C15H28F3N. The molecule has 0 aromatic heterocycles. The van der Waals surface area contributed by atoms with Crippen molar-refractivity contribution in [3.8, 4) is 0 Å². The third-order valence-corrected chi connectivity index (χ3v) is 4.68. The summed E-state index contributed by atoms with van der Waals surface area (Å²) in [5, 5.41) is 3.10. The average molecular weight is 279 g/mol. The fraction of sp³-hybridized carbons (Fsp3) is 1.00. The molecule has 0 saturated heterocycles. The Hall–Kier alpha value is -0.250. The van der Waals surface area contributed by atoms with Crippen LogP contribution in [0.15, 0.2) is 0 Å². The molecule has 4 heteroatoms. The Balaban J connectivity index is 2.44. The van der Waals surface area contributed by atoms with E-state index in [2.05, 4.69) is 26.1 Å².